The lowest BCUT2D eigenvalue weighted by molar-refractivity contribution is -0.257. The van der Waals surface area contributed by atoms with Crippen molar-refractivity contribution in [2.24, 2.45) is 0 Å². The molecule has 1 aromatic carbocycles. The molecule has 2 saturated heterocycles. The van der Waals surface area contributed by atoms with Crippen molar-refractivity contribution in [3.05, 3.63) is 62.4 Å². The Labute approximate surface area is 184 Å². The van der Waals surface area contributed by atoms with Crippen LogP contribution in [-0.4, -0.2) is 72.2 Å². The van der Waals surface area contributed by atoms with Crippen LogP contribution >= 0.6 is 0 Å². The van der Waals surface area contributed by atoms with Crippen molar-refractivity contribution >= 4 is 0 Å². The number of aliphatic hydroxyl groups is 1. The number of hydrogen-bond acceptors (Lipinski definition) is 9. The van der Waals surface area contributed by atoms with Crippen molar-refractivity contribution in [2.75, 3.05) is 27.9 Å². The smallest absolute Gasteiger partial charge is 0.330 e. The molecule has 0 radical (unpaired) electrons. The zero-order valence-corrected chi connectivity index (χ0v) is 18.1. The fourth-order valence-electron chi connectivity index (χ4n) is 4.01. The Morgan fingerprint density at radius 1 is 1.09 bits per heavy atom. The predicted octanol–water partition coefficient (Wildman–Crippen LogP) is -0.219. The molecule has 3 heterocycles. The number of benzene rings is 1. The van der Waals surface area contributed by atoms with Crippen molar-refractivity contribution in [2.45, 2.75) is 44.1 Å². The van der Waals surface area contributed by atoms with Gasteiger partial charge in [-0.1, -0.05) is 12.1 Å². The van der Waals surface area contributed by atoms with Gasteiger partial charge in [0.25, 0.3) is 12.0 Å². The summed E-state index contributed by atoms with van der Waals surface area (Å²) in [5.41, 5.74) is 0.325. The number of methoxy groups -OCH3 is 2. The first-order chi connectivity index (χ1) is 15.4. The highest BCUT2D eigenvalue weighted by Crippen LogP contribution is 2.38. The third-order valence-electron chi connectivity index (χ3n) is 5.56. The highest BCUT2D eigenvalue weighted by Gasteiger charge is 2.53. The minimum Gasteiger partial charge on any atom is -0.497 e. The third-order valence-corrected chi connectivity index (χ3v) is 5.56. The van der Waals surface area contributed by atoms with Gasteiger partial charge in [0.05, 0.1) is 13.7 Å². The molecule has 2 aliphatic heterocycles. The molecule has 2 aliphatic rings. The van der Waals surface area contributed by atoms with E-state index >= 15 is 0 Å². The van der Waals surface area contributed by atoms with Crippen LogP contribution in [0.15, 0.2) is 40.1 Å². The number of ether oxygens (including phenoxy) is 5. The summed E-state index contributed by atoms with van der Waals surface area (Å²) < 4.78 is 28.6. The number of hydrogen-bond donors (Lipinski definition) is 2. The first-order valence-electron chi connectivity index (χ1n) is 10.2. The Morgan fingerprint density at radius 2 is 1.81 bits per heavy atom. The minimum atomic E-state index is -0.918. The SMILES string of the molecule is COc1ccc(CN(C)Cc2cn([C@@H]3O[C@H](CO)[C@H]4OC(OC)O[C@H]43)c(=O)[nH]c2=O)cc1. The Kier molecular flexibility index (Phi) is 6.74. The Bertz CT molecular complexity index is 1040. The molecule has 0 amide bonds. The second-order valence-corrected chi connectivity index (χ2v) is 7.81. The van der Waals surface area contributed by atoms with E-state index in [1.54, 1.807) is 7.11 Å². The predicted molar refractivity (Wildman–Crippen MR) is 111 cm³/mol. The normalized spacial score (nSPS) is 27.1. The summed E-state index contributed by atoms with van der Waals surface area (Å²) in [7, 11) is 4.91. The van der Waals surface area contributed by atoms with Gasteiger partial charge in [0.2, 0.25) is 0 Å². The quantitative estimate of drug-likeness (QED) is 0.563. The van der Waals surface area contributed by atoms with Crippen LogP contribution in [0.4, 0.5) is 0 Å². The first-order valence-corrected chi connectivity index (χ1v) is 10.2. The van der Waals surface area contributed by atoms with Gasteiger partial charge in [-0.05, 0) is 24.7 Å². The summed E-state index contributed by atoms with van der Waals surface area (Å²) in [6, 6.07) is 7.65. The van der Waals surface area contributed by atoms with E-state index in [0.29, 0.717) is 18.7 Å². The number of nitrogens with zero attached hydrogens (tertiary/aromatic N) is 2. The van der Waals surface area contributed by atoms with E-state index in [9.17, 15) is 14.7 Å². The largest absolute Gasteiger partial charge is 0.497 e. The molecule has 4 rings (SSSR count). The third kappa shape index (κ3) is 4.49. The van der Waals surface area contributed by atoms with Crippen molar-refractivity contribution in [1.29, 1.82) is 0 Å². The van der Waals surface area contributed by atoms with Gasteiger partial charge in [-0.15, -0.1) is 0 Å². The average molecular weight is 449 g/mol. The van der Waals surface area contributed by atoms with Gasteiger partial charge in [-0.25, -0.2) is 4.79 Å². The highest BCUT2D eigenvalue weighted by molar-refractivity contribution is 5.27. The lowest BCUT2D eigenvalue weighted by Crippen LogP contribution is -2.39. The van der Waals surface area contributed by atoms with Gasteiger partial charge in [0.1, 0.15) is 24.1 Å². The first kappa shape index (κ1) is 22.6. The number of fused-ring (bicyclic) bond motifs is 1. The summed E-state index contributed by atoms with van der Waals surface area (Å²) in [5, 5.41) is 9.64. The minimum absolute atomic E-state index is 0.296. The summed E-state index contributed by atoms with van der Waals surface area (Å²) in [6.07, 6.45) is -1.38. The fourth-order valence-corrected chi connectivity index (χ4v) is 4.01. The van der Waals surface area contributed by atoms with E-state index in [1.165, 1.54) is 17.9 Å². The van der Waals surface area contributed by atoms with Crippen LogP contribution < -0.4 is 16.0 Å². The van der Waals surface area contributed by atoms with Crippen molar-refractivity contribution < 1.29 is 28.8 Å². The second kappa shape index (κ2) is 9.53. The van der Waals surface area contributed by atoms with Crippen molar-refractivity contribution in [3.8, 4) is 5.75 Å². The van der Waals surface area contributed by atoms with Crippen LogP contribution in [0.2, 0.25) is 0 Å². The van der Waals surface area contributed by atoms with Gasteiger partial charge in [-0.3, -0.25) is 19.2 Å². The monoisotopic (exact) mass is 449 g/mol. The molecule has 0 saturated carbocycles. The van der Waals surface area contributed by atoms with Crippen LogP contribution in [-0.2, 0) is 32.0 Å². The Hall–Kier alpha value is -2.54. The summed E-state index contributed by atoms with van der Waals surface area (Å²) in [6.45, 7) is -0.345. The zero-order chi connectivity index (χ0) is 22.8. The molecule has 32 heavy (non-hydrogen) atoms. The molecule has 2 aromatic rings. The van der Waals surface area contributed by atoms with E-state index in [0.717, 1.165) is 11.3 Å². The molecule has 11 heteroatoms. The number of aliphatic hydroxyl groups excluding tert-OH is 1. The average Bonchev–Trinajstić information content (AvgIpc) is 3.35. The maximum atomic E-state index is 12.6. The van der Waals surface area contributed by atoms with Crippen molar-refractivity contribution in [1.82, 2.24) is 14.5 Å². The Balaban J connectivity index is 1.54. The molecule has 2 N–H and O–H groups in total. The van der Waals surface area contributed by atoms with Crippen LogP contribution in [0.3, 0.4) is 0 Å². The maximum Gasteiger partial charge on any atom is 0.330 e. The Morgan fingerprint density at radius 3 is 2.47 bits per heavy atom. The van der Waals surface area contributed by atoms with Gasteiger partial charge >= 0.3 is 5.69 Å². The summed E-state index contributed by atoms with van der Waals surface area (Å²) >= 11 is 0. The molecule has 1 aromatic heterocycles. The van der Waals surface area contributed by atoms with Crippen LogP contribution in [0.25, 0.3) is 0 Å². The van der Waals surface area contributed by atoms with E-state index in [2.05, 4.69) is 4.98 Å². The van der Waals surface area contributed by atoms with E-state index in [-0.39, 0.29) is 6.61 Å². The van der Waals surface area contributed by atoms with Crippen molar-refractivity contribution in [3.63, 3.8) is 0 Å². The maximum absolute atomic E-state index is 12.6. The number of aromatic amines is 1. The molecule has 11 nitrogen and oxygen atoms in total. The van der Waals surface area contributed by atoms with Crippen LogP contribution in [0.1, 0.15) is 17.4 Å². The molecule has 1 unspecified atom stereocenters. The van der Waals surface area contributed by atoms with Gasteiger partial charge < -0.3 is 28.8 Å². The lowest BCUT2D eigenvalue weighted by Gasteiger charge is -2.22. The molecule has 0 aliphatic carbocycles. The number of nitrogens with one attached hydrogen (secondary N) is 1. The van der Waals surface area contributed by atoms with Gasteiger partial charge in [-0.2, -0.15) is 0 Å². The number of aromatic nitrogens is 2. The van der Waals surface area contributed by atoms with E-state index in [1.807, 2.05) is 36.2 Å². The van der Waals surface area contributed by atoms with Gasteiger partial charge in [0, 0.05) is 32.0 Å². The fraction of sp³-hybridized carbons (Fsp3) is 0.524. The highest BCUT2D eigenvalue weighted by atomic mass is 16.9. The van der Waals surface area contributed by atoms with Crippen LogP contribution in [0.5, 0.6) is 5.75 Å². The lowest BCUT2D eigenvalue weighted by atomic mass is 10.1. The number of H-pyrrole nitrogens is 1. The molecule has 5 atom stereocenters. The number of rotatable bonds is 8. The molecular weight excluding hydrogens is 422 g/mol. The summed E-state index contributed by atoms with van der Waals surface area (Å²) in [5.74, 6) is 0.768. The molecule has 174 valence electrons. The van der Waals surface area contributed by atoms with Gasteiger partial charge in [0.15, 0.2) is 6.23 Å². The molecule has 0 bridgehead atoms. The molecule has 2 fully saturated rings. The molecule has 0 spiro atoms. The van der Waals surface area contributed by atoms with Crippen LogP contribution in [0, 0.1) is 0 Å². The summed E-state index contributed by atoms with van der Waals surface area (Å²) in [4.78, 5) is 29.3. The van der Waals surface area contributed by atoms with E-state index in [4.69, 9.17) is 23.7 Å². The van der Waals surface area contributed by atoms with E-state index < -0.39 is 42.3 Å². The zero-order valence-electron chi connectivity index (χ0n) is 18.1. The standard InChI is InChI=1S/C21H27N3O8/c1-23(8-12-4-6-14(28-2)7-5-12)9-13-10-24(20(27)22-18(13)26)19-17-16(15(11-25)30-19)31-21(29-3)32-17/h4-7,10,15-17,19,21,25H,8-9,11H2,1-3H3,(H,22,26,27)/t15-,16-,17-,19-,21?/m1/s1. The topological polar surface area (TPSA) is 124 Å². The molecular formula is C21H27N3O8. The second-order valence-electron chi connectivity index (χ2n) is 7.81.